The fourth-order valence-corrected chi connectivity index (χ4v) is 2.68. The van der Waals surface area contributed by atoms with Crippen LogP contribution in [0.1, 0.15) is 5.56 Å². The van der Waals surface area contributed by atoms with E-state index in [4.69, 9.17) is 4.74 Å². The molecule has 1 aliphatic rings. The van der Waals surface area contributed by atoms with E-state index in [9.17, 15) is 4.79 Å². The summed E-state index contributed by atoms with van der Waals surface area (Å²) < 4.78 is 7.06. The Morgan fingerprint density at radius 2 is 2.18 bits per heavy atom. The van der Waals surface area contributed by atoms with Gasteiger partial charge in [-0.3, -0.25) is 14.4 Å². The van der Waals surface area contributed by atoms with Crippen molar-refractivity contribution in [3.8, 4) is 0 Å². The van der Waals surface area contributed by atoms with Crippen molar-refractivity contribution in [3.05, 3.63) is 30.0 Å². The van der Waals surface area contributed by atoms with Gasteiger partial charge in [0.15, 0.2) is 0 Å². The number of aryl methyl sites for hydroxylation is 1. The zero-order valence-corrected chi connectivity index (χ0v) is 12.9. The molecule has 0 bridgehead atoms. The van der Waals surface area contributed by atoms with E-state index < -0.39 is 0 Å². The minimum Gasteiger partial charge on any atom is -0.379 e. The van der Waals surface area contributed by atoms with Crippen molar-refractivity contribution in [1.29, 1.82) is 0 Å². The lowest BCUT2D eigenvalue weighted by Gasteiger charge is -2.26. The molecule has 0 radical (unpaired) electrons. The zero-order chi connectivity index (χ0) is 15.4. The van der Waals surface area contributed by atoms with Gasteiger partial charge in [-0.1, -0.05) is 12.1 Å². The molecule has 22 heavy (non-hydrogen) atoms. The van der Waals surface area contributed by atoms with Crippen LogP contribution in [0.4, 0.5) is 0 Å². The highest BCUT2D eigenvalue weighted by Gasteiger charge is 2.11. The maximum atomic E-state index is 12.1. The van der Waals surface area contributed by atoms with Gasteiger partial charge in [0, 0.05) is 31.6 Å². The molecule has 0 atom stereocenters. The second kappa shape index (κ2) is 6.89. The Balaban J connectivity index is 1.51. The van der Waals surface area contributed by atoms with Crippen LogP contribution in [0, 0.1) is 6.92 Å². The number of hydrogen-bond donors (Lipinski definition) is 1. The third kappa shape index (κ3) is 3.64. The Hall–Kier alpha value is -1.92. The lowest BCUT2D eigenvalue weighted by molar-refractivity contribution is -0.121. The number of carbonyl (C=O) groups excluding carboxylic acids is 1. The summed E-state index contributed by atoms with van der Waals surface area (Å²) in [6, 6.07) is 6.14. The quantitative estimate of drug-likeness (QED) is 0.887. The molecule has 1 aromatic carbocycles. The first kappa shape index (κ1) is 15.0. The van der Waals surface area contributed by atoms with Gasteiger partial charge < -0.3 is 10.1 Å². The van der Waals surface area contributed by atoms with Gasteiger partial charge in [-0.15, -0.1) is 0 Å². The number of morpholine rings is 1. The highest BCUT2D eigenvalue weighted by Crippen LogP contribution is 2.15. The number of rotatable bonds is 5. The molecular formula is C16H22N4O2. The van der Waals surface area contributed by atoms with E-state index in [0.29, 0.717) is 6.54 Å². The Bertz CT molecular complexity index is 647. The number of aromatic nitrogens is 2. The lowest BCUT2D eigenvalue weighted by Crippen LogP contribution is -2.41. The molecule has 118 valence electrons. The molecule has 6 nitrogen and oxygen atoms in total. The number of fused-ring (bicyclic) bond motifs is 1. The number of nitrogens with zero attached hydrogens (tertiary/aromatic N) is 3. The summed E-state index contributed by atoms with van der Waals surface area (Å²) in [5, 5.41) is 8.33. The molecule has 1 saturated heterocycles. The van der Waals surface area contributed by atoms with Crippen LogP contribution in [0.25, 0.3) is 10.9 Å². The molecule has 0 spiro atoms. The van der Waals surface area contributed by atoms with Crippen molar-refractivity contribution in [2.75, 3.05) is 39.4 Å². The Kier molecular flexibility index (Phi) is 4.70. The van der Waals surface area contributed by atoms with E-state index in [1.807, 2.05) is 13.0 Å². The van der Waals surface area contributed by atoms with Crippen molar-refractivity contribution < 1.29 is 9.53 Å². The van der Waals surface area contributed by atoms with Crippen molar-refractivity contribution in [1.82, 2.24) is 20.0 Å². The summed E-state index contributed by atoms with van der Waals surface area (Å²) >= 11 is 0. The predicted octanol–water partition coefficient (Wildman–Crippen LogP) is 0.793. The van der Waals surface area contributed by atoms with Gasteiger partial charge in [-0.25, -0.2) is 0 Å². The van der Waals surface area contributed by atoms with Crippen LogP contribution in [0.3, 0.4) is 0 Å². The number of benzene rings is 1. The molecule has 1 N–H and O–H groups in total. The summed E-state index contributed by atoms with van der Waals surface area (Å²) in [6.45, 7) is 7.29. The van der Waals surface area contributed by atoms with E-state index in [1.54, 1.807) is 10.9 Å². The van der Waals surface area contributed by atoms with Gasteiger partial charge in [0.05, 0.1) is 24.9 Å². The topological polar surface area (TPSA) is 59.4 Å². The maximum absolute atomic E-state index is 12.1. The third-order valence-electron chi connectivity index (χ3n) is 3.95. The minimum atomic E-state index is -0.000217. The van der Waals surface area contributed by atoms with Crippen LogP contribution in [-0.2, 0) is 16.1 Å². The van der Waals surface area contributed by atoms with Gasteiger partial charge in [0.1, 0.15) is 6.54 Å². The number of hydrogen-bond acceptors (Lipinski definition) is 4. The average Bonchev–Trinajstić information content (AvgIpc) is 2.90. The number of ether oxygens (including phenoxy) is 1. The Morgan fingerprint density at radius 3 is 3.00 bits per heavy atom. The smallest absolute Gasteiger partial charge is 0.241 e. The summed E-state index contributed by atoms with van der Waals surface area (Å²) in [7, 11) is 0. The molecule has 6 heteroatoms. The van der Waals surface area contributed by atoms with E-state index >= 15 is 0 Å². The van der Waals surface area contributed by atoms with Crippen LogP contribution in [0.15, 0.2) is 24.4 Å². The molecule has 1 amide bonds. The Labute approximate surface area is 130 Å². The van der Waals surface area contributed by atoms with Crippen LogP contribution < -0.4 is 5.32 Å². The van der Waals surface area contributed by atoms with Gasteiger partial charge >= 0.3 is 0 Å². The first-order chi connectivity index (χ1) is 10.7. The van der Waals surface area contributed by atoms with Crippen molar-refractivity contribution >= 4 is 16.8 Å². The van der Waals surface area contributed by atoms with Crippen LogP contribution in [0.2, 0.25) is 0 Å². The summed E-state index contributed by atoms with van der Waals surface area (Å²) in [6.07, 6.45) is 1.80. The number of carbonyl (C=O) groups is 1. The molecular weight excluding hydrogens is 280 g/mol. The maximum Gasteiger partial charge on any atom is 0.241 e. The highest BCUT2D eigenvalue weighted by atomic mass is 16.5. The molecule has 1 aliphatic heterocycles. The standard InChI is InChI=1S/C16H22N4O2/c1-13-2-3-14-11-18-20(15(14)10-13)12-16(21)17-4-5-19-6-8-22-9-7-19/h2-3,10-11H,4-9,12H2,1H3,(H,17,21). The van der Waals surface area contributed by atoms with Crippen molar-refractivity contribution in [2.24, 2.45) is 0 Å². The van der Waals surface area contributed by atoms with Crippen molar-refractivity contribution in [2.45, 2.75) is 13.5 Å². The lowest BCUT2D eigenvalue weighted by atomic mass is 10.2. The van der Waals surface area contributed by atoms with Gasteiger partial charge in [0.25, 0.3) is 0 Å². The molecule has 2 heterocycles. The van der Waals surface area contributed by atoms with E-state index in [0.717, 1.165) is 43.8 Å². The fraction of sp³-hybridized carbons (Fsp3) is 0.500. The Morgan fingerprint density at radius 1 is 1.36 bits per heavy atom. The summed E-state index contributed by atoms with van der Waals surface area (Å²) in [5.41, 5.74) is 2.17. The highest BCUT2D eigenvalue weighted by molar-refractivity contribution is 5.82. The van der Waals surface area contributed by atoms with Gasteiger partial charge in [-0.2, -0.15) is 5.10 Å². The van der Waals surface area contributed by atoms with Crippen LogP contribution in [-0.4, -0.2) is 60.0 Å². The number of nitrogens with one attached hydrogen (secondary N) is 1. The van der Waals surface area contributed by atoms with E-state index in [1.165, 1.54) is 5.56 Å². The normalized spacial score (nSPS) is 16.0. The molecule has 0 unspecified atom stereocenters. The predicted molar refractivity (Wildman–Crippen MR) is 84.7 cm³/mol. The third-order valence-corrected chi connectivity index (χ3v) is 3.95. The van der Waals surface area contributed by atoms with Crippen LogP contribution >= 0.6 is 0 Å². The monoisotopic (exact) mass is 302 g/mol. The molecule has 0 saturated carbocycles. The second-order valence-electron chi connectivity index (χ2n) is 5.67. The first-order valence-corrected chi connectivity index (χ1v) is 7.71. The molecule has 3 rings (SSSR count). The second-order valence-corrected chi connectivity index (χ2v) is 5.67. The fourth-order valence-electron chi connectivity index (χ4n) is 2.68. The average molecular weight is 302 g/mol. The van der Waals surface area contributed by atoms with E-state index in [-0.39, 0.29) is 12.5 Å². The molecule has 1 aromatic heterocycles. The number of amides is 1. The first-order valence-electron chi connectivity index (χ1n) is 7.71. The van der Waals surface area contributed by atoms with E-state index in [2.05, 4.69) is 27.4 Å². The molecule has 0 aliphatic carbocycles. The van der Waals surface area contributed by atoms with Gasteiger partial charge in [0.2, 0.25) is 5.91 Å². The zero-order valence-electron chi connectivity index (χ0n) is 12.9. The molecule has 2 aromatic rings. The molecule has 1 fully saturated rings. The summed E-state index contributed by atoms with van der Waals surface area (Å²) in [5.74, 6) is -0.000217. The van der Waals surface area contributed by atoms with Crippen molar-refractivity contribution in [3.63, 3.8) is 0 Å². The summed E-state index contributed by atoms with van der Waals surface area (Å²) in [4.78, 5) is 14.4. The van der Waals surface area contributed by atoms with Crippen LogP contribution in [0.5, 0.6) is 0 Å². The SMILES string of the molecule is Cc1ccc2cnn(CC(=O)NCCN3CCOCC3)c2c1. The van der Waals surface area contributed by atoms with Gasteiger partial charge in [-0.05, 0) is 18.6 Å². The largest absolute Gasteiger partial charge is 0.379 e. The minimum absolute atomic E-state index is 0.000217.